The van der Waals surface area contributed by atoms with Gasteiger partial charge in [-0.05, 0) is 60.7 Å². The minimum Gasteiger partial charge on any atom is -0.378 e. The van der Waals surface area contributed by atoms with Gasteiger partial charge in [0.1, 0.15) is 5.70 Å². The summed E-state index contributed by atoms with van der Waals surface area (Å²) in [5.74, 6) is -0.691. The monoisotopic (exact) mass is 461 g/mol. The number of imide groups is 1. The second-order valence-electron chi connectivity index (χ2n) is 9.08. The van der Waals surface area contributed by atoms with E-state index >= 15 is 0 Å². The summed E-state index contributed by atoms with van der Waals surface area (Å²) in [7, 11) is 3.95. The van der Waals surface area contributed by atoms with E-state index < -0.39 is 0 Å². The van der Waals surface area contributed by atoms with Crippen LogP contribution in [-0.4, -0.2) is 25.9 Å². The molecule has 1 aliphatic rings. The predicted molar refractivity (Wildman–Crippen MR) is 144 cm³/mol. The highest BCUT2D eigenvalue weighted by atomic mass is 16.2. The maximum Gasteiger partial charge on any atom is 0.282 e. The molecule has 2 amide bonds. The molecule has 5 nitrogen and oxygen atoms in total. The van der Waals surface area contributed by atoms with Crippen LogP contribution in [-0.2, 0) is 9.59 Å². The second-order valence-corrected chi connectivity index (χ2v) is 9.08. The van der Waals surface area contributed by atoms with Gasteiger partial charge in [-0.3, -0.25) is 9.59 Å². The van der Waals surface area contributed by atoms with Crippen molar-refractivity contribution in [2.45, 2.75) is 13.8 Å². The first kappa shape index (κ1) is 22.4. The van der Waals surface area contributed by atoms with Crippen molar-refractivity contribution >= 4 is 45.2 Å². The number of carbonyl (C=O) groups excluding carboxylic acids is 2. The first-order chi connectivity index (χ1) is 16.8. The third kappa shape index (κ3) is 3.95. The molecule has 1 aliphatic heterocycles. The topological polar surface area (TPSA) is 52.7 Å². The Labute approximate surface area is 205 Å². The fourth-order valence-corrected chi connectivity index (χ4v) is 4.60. The van der Waals surface area contributed by atoms with E-state index in [4.69, 9.17) is 0 Å². The average molecular weight is 462 g/mol. The molecule has 0 fully saturated rings. The third-order valence-electron chi connectivity index (χ3n) is 6.40. The van der Waals surface area contributed by atoms with Crippen LogP contribution in [0.15, 0.2) is 90.6 Å². The maximum atomic E-state index is 13.9. The number of nitrogens with one attached hydrogen (secondary N) is 1. The molecule has 0 saturated heterocycles. The summed E-state index contributed by atoms with van der Waals surface area (Å²) in [4.78, 5) is 31.1. The number of benzene rings is 4. The Morgan fingerprint density at radius 1 is 0.771 bits per heavy atom. The van der Waals surface area contributed by atoms with Gasteiger partial charge in [0.25, 0.3) is 11.8 Å². The fourth-order valence-electron chi connectivity index (χ4n) is 4.60. The zero-order valence-electron chi connectivity index (χ0n) is 20.3. The quantitative estimate of drug-likeness (QED) is 0.375. The minimum atomic E-state index is -0.363. The summed E-state index contributed by atoms with van der Waals surface area (Å²) in [5.41, 5.74) is 5.85. The van der Waals surface area contributed by atoms with Crippen molar-refractivity contribution in [2.24, 2.45) is 0 Å². The summed E-state index contributed by atoms with van der Waals surface area (Å²) in [5, 5.41) is 5.10. The van der Waals surface area contributed by atoms with Gasteiger partial charge in [0.15, 0.2) is 0 Å². The predicted octanol–water partition coefficient (Wildman–Crippen LogP) is 5.92. The molecule has 0 radical (unpaired) electrons. The molecule has 35 heavy (non-hydrogen) atoms. The molecule has 4 aromatic rings. The molecule has 0 spiro atoms. The van der Waals surface area contributed by atoms with Gasteiger partial charge in [0.2, 0.25) is 0 Å². The van der Waals surface area contributed by atoms with Crippen LogP contribution in [0.1, 0.15) is 16.7 Å². The van der Waals surface area contributed by atoms with Gasteiger partial charge in [0.05, 0.1) is 11.3 Å². The number of anilines is 3. The van der Waals surface area contributed by atoms with E-state index in [1.165, 1.54) is 4.90 Å². The summed E-state index contributed by atoms with van der Waals surface area (Å²) in [6.07, 6.45) is 0. The molecule has 5 rings (SSSR count). The van der Waals surface area contributed by atoms with Crippen molar-refractivity contribution in [1.82, 2.24) is 0 Å². The number of rotatable bonds is 5. The minimum absolute atomic E-state index is 0.285. The number of nitrogens with zero attached hydrogens (tertiary/aromatic N) is 2. The van der Waals surface area contributed by atoms with Crippen LogP contribution in [0.3, 0.4) is 0 Å². The van der Waals surface area contributed by atoms with Gasteiger partial charge >= 0.3 is 0 Å². The van der Waals surface area contributed by atoms with E-state index in [1.807, 2.05) is 118 Å². The van der Waals surface area contributed by atoms with Crippen LogP contribution in [0.25, 0.3) is 16.3 Å². The standard InChI is InChI=1S/C30H27N3O2/c1-19-12-17-24(20(2)18-19)27-28(31-22-13-15-23(16-14-22)32(3)4)30(35)33(29(27)34)26-11-7-9-21-8-5-6-10-25(21)26/h5-18,31H,1-4H3. The molecular formula is C30H27N3O2. The van der Waals surface area contributed by atoms with E-state index in [-0.39, 0.29) is 17.5 Å². The molecule has 5 heteroatoms. The SMILES string of the molecule is Cc1ccc(C2=C(Nc3ccc(N(C)C)cc3)C(=O)N(c3cccc4ccccc34)C2=O)c(C)c1. The van der Waals surface area contributed by atoms with E-state index in [9.17, 15) is 9.59 Å². The van der Waals surface area contributed by atoms with Crippen LogP contribution in [0.2, 0.25) is 0 Å². The van der Waals surface area contributed by atoms with Gasteiger partial charge in [-0.15, -0.1) is 0 Å². The van der Waals surface area contributed by atoms with E-state index in [2.05, 4.69) is 5.32 Å². The Bertz CT molecular complexity index is 1490. The molecule has 1 N–H and O–H groups in total. The fraction of sp³-hybridized carbons (Fsp3) is 0.133. The number of aryl methyl sites for hydroxylation is 2. The van der Waals surface area contributed by atoms with Gasteiger partial charge in [0, 0.05) is 30.9 Å². The zero-order chi connectivity index (χ0) is 24.7. The highest BCUT2D eigenvalue weighted by Gasteiger charge is 2.41. The molecule has 0 atom stereocenters. The molecule has 0 aromatic heterocycles. The number of hydrogen-bond acceptors (Lipinski definition) is 4. The van der Waals surface area contributed by atoms with E-state index in [0.29, 0.717) is 11.3 Å². The molecule has 0 bridgehead atoms. The Hall–Kier alpha value is -4.38. The molecule has 174 valence electrons. The van der Waals surface area contributed by atoms with Crippen molar-refractivity contribution in [3.05, 3.63) is 107 Å². The van der Waals surface area contributed by atoms with E-state index in [0.717, 1.165) is 38.8 Å². The Morgan fingerprint density at radius 2 is 1.49 bits per heavy atom. The molecular weight excluding hydrogens is 434 g/mol. The van der Waals surface area contributed by atoms with Crippen LogP contribution in [0.4, 0.5) is 17.1 Å². The maximum absolute atomic E-state index is 13.9. The Morgan fingerprint density at radius 3 is 2.20 bits per heavy atom. The van der Waals surface area contributed by atoms with Gasteiger partial charge in [-0.1, -0.05) is 60.2 Å². The van der Waals surface area contributed by atoms with Crippen LogP contribution < -0.4 is 15.1 Å². The first-order valence-electron chi connectivity index (χ1n) is 11.6. The van der Waals surface area contributed by atoms with Crippen molar-refractivity contribution in [3.8, 4) is 0 Å². The lowest BCUT2D eigenvalue weighted by atomic mass is 9.97. The van der Waals surface area contributed by atoms with Crippen LogP contribution >= 0.6 is 0 Å². The van der Waals surface area contributed by atoms with Crippen LogP contribution in [0, 0.1) is 13.8 Å². The molecule has 0 saturated carbocycles. The lowest BCUT2D eigenvalue weighted by Gasteiger charge is -2.18. The van der Waals surface area contributed by atoms with Gasteiger partial charge in [-0.25, -0.2) is 4.90 Å². The largest absolute Gasteiger partial charge is 0.378 e. The van der Waals surface area contributed by atoms with Gasteiger partial charge < -0.3 is 10.2 Å². The van der Waals surface area contributed by atoms with Crippen molar-refractivity contribution < 1.29 is 9.59 Å². The molecule has 0 unspecified atom stereocenters. The van der Waals surface area contributed by atoms with E-state index in [1.54, 1.807) is 0 Å². The van der Waals surface area contributed by atoms with Crippen molar-refractivity contribution in [2.75, 3.05) is 29.2 Å². The summed E-state index contributed by atoms with van der Waals surface area (Å²) >= 11 is 0. The van der Waals surface area contributed by atoms with Gasteiger partial charge in [-0.2, -0.15) is 0 Å². The number of fused-ring (bicyclic) bond motifs is 1. The summed E-state index contributed by atoms with van der Waals surface area (Å²) in [6.45, 7) is 3.98. The highest BCUT2D eigenvalue weighted by Crippen LogP contribution is 2.38. The second kappa shape index (κ2) is 8.76. The smallest absolute Gasteiger partial charge is 0.282 e. The lowest BCUT2D eigenvalue weighted by Crippen LogP contribution is -2.32. The summed E-state index contributed by atoms with van der Waals surface area (Å²) in [6, 6.07) is 27.2. The first-order valence-corrected chi connectivity index (χ1v) is 11.6. The number of amides is 2. The lowest BCUT2D eigenvalue weighted by molar-refractivity contribution is -0.120. The van der Waals surface area contributed by atoms with Crippen LogP contribution in [0.5, 0.6) is 0 Å². The van der Waals surface area contributed by atoms with Crippen molar-refractivity contribution in [3.63, 3.8) is 0 Å². The van der Waals surface area contributed by atoms with Crippen molar-refractivity contribution in [1.29, 1.82) is 0 Å². The molecule has 0 aliphatic carbocycles. The number of carbonyl (C=O) groups is 2. The Balaban J connectivity index is 1.65. The average Bonchev–Trinajstić information content (AvgIpc) is 3.08. The summed E-state index contributed by atoms with van der Waals surface area (Å²) < 4.78 is 0. The molecule has 4 aromatic carbocycles. The Kier molecular flexibility index (Phi) is 5.61. The third-order valence-corrected chi connectivity index (χ3v) is 6.40. The zero-order valence-corrected chi connectivity index (χ0v) is 20.3. The number of hydrogen-bond donors (Lipinski definition) is 1. The highest BCUT2D eigenvalue weighted by molar-refractivity contribution is 6.47. The molecule has 1 heterocycles. The normalized spacial score (nSPS) is 13.7.